The van der Waals surface area contributed by atoms with Gasteiger partial charge in [-0.2, -0.15) is 0 Å². The minimum absolute atomic E-state index is 0.254. The van der Waals surface area contributed by atoms with Crippen molar-refractivity contribution in [2.24, 2.45) is 0 Å². The zero-order chi connectivity index (χ0) is 17.4. The first kappa shape index (κ1) is 15.5. The van der Waals surface area contributed by atoms with Gasteiger partial charge in [-0.05, 0) is 42.8 Å². The van der Waals surface area contributed by atoms with Crippen LogP contribution in [0.4, 0.5) is 10.2 Å². The van der Waals surface area contributed by atoms with Gasteiger partial charge in [-0.15, -0.1) is 11.3 Å². The molecule has 1 aromatic carbocycles. The van der Waals surface area contributed by atoms with Crippen molar-refractivity contribution in [3.05, 3.63) is 71.2 Å². The molecule has 25 heavy (non-hydrogen) atoms. The zero-order valence-corrected chi connectivity index (χ0v) is 14.0. The van der Waals surface area contributed by atoms with E-state index in [-0.39, 0.29) is 11.7 Å². The Morgan fingerprint density at radius 3 is 2.80 bits per heavy atom. The first-order valence-corrected chi connectivity index (χ1v) is 8.45. The minimum atomic E-state index is -0.296. The Morgan fingerprint density at radius 2 is 2.04 bits per heavy atom. The van der Waals surface area contributed by atoms with Gasteiger partial charge in [0.15, 0.2) is 4.96 Å². The number of thiazole rings is 1. The molecule has 0 aliphatic carbocycles. The van der Waals surface area contributed by atoms with Crippen LogP contribution in [0.3, 0.4) is 0 Å². The number of nitrogens with zero attached hydrogens (tertiary/aromatic N) is 3. The molecule has 0 bridgehead atoms. The summed E-state index contributed by atoms with van der Waals surface area (Å²) in [6.07, 6.45) is 3.41. The zero-order valence-electron chi connectivity index (χ0n) is 13.2. The number of nitrogens with one attached hydrogen (secondary N) is 1. The molecule has 0 atom stereocenters. The van der Waals surface area contributed by atoms with Crippen molar-refractivity contribution >= 4 is 28.0 Å². The molecule has 0 aliphatic rings. The maximum atomic E-state index is 13.1. The Labute approximate surface area is 146 Å². The second kappa shape index (κ2) is 6.10. The van der Waals surface area contributed by atoms with Crippen LogP contribution < -0.4 is 5.32 Å². The van der Waals surface area contributed by atoms with Gasteiger partial charge in [0, 0.05) is 23.3 Å². The van der Waals surface area contributed by atoms with Crippen LogP contribution in [0.25, 0.3) is 16.2 Å². The fourth-order valence-corrected chi connectivity index (χ4v) is 3.35. The lowest BCUT2D eigenvalue weighted by molar-refractivity contribution is 0.102. The quantitative estimate of drug-likeness (QED) is 0.602. The fraction of sp³-hybridized carbons (Fsp3) is 0.0556. The Morgan fingerprint density at radius 1 is 1.24 bits per heavy atom. The van der Waals surface area contributed by atoms with E-state index in [0.717, 1.165) is 11.1 Å². The largest absolute Gasteiger partial charge is 0.305 e. The van der Waals surface area contributed by atoms with E-state index in [4.69, 9.17) is 0 Å². The summed E-state index contributed by atoms with van der Waals surface area (Å²) in [6, 6.07) is 9.81. The van der Waals surface area contributed by atoms with E-state index >= 15 is 0 Å². The number of amides is 1. The molecule has 0 spiro atoms. The minimum Gasteiger partial charge on any atom is -0.305 e. The second-order valence-electron chi connectivity index (χ2n) is 5.53. The van der Waals surface area contributed by atoms with Crippen LogP contribution in [0, 0.1) is 12.7 Å². The molecule has 7 heteroatoms. The molecule has 0 fully saturated rings. The van der Waals surface area contributed by atoms with Crippen LogP contribution in [0.5, 0.6) is 0 Å². The van der Waals surface area contributed by atoms with E-state index in [2.05, 4.69) is 15.3 Å². The highest BCUT2D eigenvalue weighted by Gasteiger charge is 2.16. The van der Waals surface area contributed by atoms with Gasteiger partial charge < -0.3 is 5.32 Å². The van der Waals surface area contributed by atoms with Crippen LogP contribution in [0.1, 0.15) is 16.1 Å². The second-order valence-corrected chi connectivity index (χ2v) is 6.37. The lowest BCUT2D eigenvalue weighted by Gasteiger charge is -2.05. The van der Waals surface area contributed by atoms with Gasteiger partial charge in [0.2, 0.25) is 0 Å². The van der Waals surface area contributed by atoms with Crippen molar-refractivity contribution in [2.45, 2.75) is 6.92 Å². The van der Waals surface area contributed by atoms with Gasteiger partial charge in [-0.1, -0.05) is 6.07 Å². The number of imidazole rings is 1. The predicted octanol–water partition coefficient (Wildman–Crippen LogP) is 4.16. The number of fused-ring (bicyclic) bond motifs is 1. The molecule has 1 amide bonds. The first-order valence-electron chi connectivity index (χ1n) is 7.57. The van der Waals surface area contributed by atoms with Gasteiger partial charge in [-0.3, -0.25) is 9.20 Å². The van der Waals surface area contributed by atoms with Gasteiger partial charge >= 0.3 is 0 Å². The number of pyridine rings is 1. The molecule has 1 N–H and O–H groups in total. The molecule has 3 aromatic heterocycles. The number of halogens is 1. The Bertz CT molecular complexity index is 1070. The SMILES string of the molecule is Cc1cccnc1NC(=O)c1csc2nc(-c3ccc(F)cc3)cn12. The van der Waals surface area contributed by atoms with Crippen LogP contribution in [0.2, 0.25) is 0 Å². The third-order valence-corrected chi connectivity index (χ3v) is 4.66. The highest BCUT2D eigenvalue weighted by molar-refractivity contribution is 7.15. The molecular weight excluding hydrogens is 339 g/mol. The van der Waals surface area contributed by atoms with Crippen molar-refractivity contribution in [3.63, 3.8) is 0 Å². The fourth-order valence-electron chi connectivity index (χ4n) is 2.50. The summed E-state index contributed by atoms with van der Waals surface area (Å²) in [5.41, 5.74) is 2.85. The van der Waals surface area contributed by atoms with E-state index in [1.807, 2.05) is 19.1 Å². The lowest BCUT2D eigenvalue weighted by atomic mass is 10.2. The average Bonchev–Trinajstić information content (AvgIpc) is 3.18. The number of aryl methyl sites for hydroxylation is 1. The van der Waals surface area contributed by atoms with Gasteiger partial charge in [0.1, 0.15) is 17.3 Å². The highest BCUT2D eigenvalue weighted by atomic mass is 32.1. The number of benzene rings is 1. The number of aromatic nitrogens is 3. The molecule has 124 valence electrons. The summed E-state index contributed by atoms with van der Waals surface area (Å²) in [5.74, 6) is -0.0163. The normalized spacial score (nSPS) is 11.0. The van der Waals surface area contributed by atoms with Crippen LogP contribution in [-0.4, -0.2) is 20.3 Å². The number of rotatable bonds is 3. The molecule has 0 aliphatic heterocycles. The van der Waals surface area contributed by atoms with E-state index in [9.17, 15) is 9.18 Å². The molecule has 4 aromatic rings. The van der Waals surface area contributed by atoms with Gasteiger partial charge in [-0.25, -0.2) is 14.4 Å². The molecular formula is C18H13FN4OS. The lowest BCUT2D eigenvalue weighted by Crippen LogP contribution is -2.15. The van der Waals surface area contributed by atoms with Crippen LogP contribution >= 0.6 is 11.3 Å². The molecule has 4 rings (SSSR count). The van der Waals surface area contributed by atoms with Crippen molar-refractivity contribution < 1.29 is 9.18 Å². The summed E-state index contributed by atoms with van der Waals surface area (Å²) in [4.78, 5) is 22.0. The highest BCUT2D eigenvalue weighted by Crippen LogP contribution is 2.24. The van der Waals surface area contributed by atoms with E-state index in [0.29, 0.717) is 22.2 Å². The summed E-state index contributed by atoms with van der Waals surface area (Å²) >= 11 is 1.37. The molecule has 0 saturated carbocycles. The van der Waals surface area contributed by atoms with Crippen molar-refractivity contribution in [1.29, 1.82) is 0 Å². The van der Waals surface area contributed by atoms with Crippen molar-refractivity contribution in [2.75, 3.05) is 5.32 Å². The monoisotopic (exact) mass is 352 g/mol. The molecule has 3 heterocycles. The van der Waals surface area contributed by atoms with Crippen LogP contribution in [-0.2, 0) is 0 Å². The third kappa shape index (κ3) is 2.89. The van der Waals surface area contributed by atoms with Gasteiger partial charge in [0.05, 0.1) is 5.69 Å². The number of hydrogen-bond acceptors (Lipinski definition) is 4. The van der Waals surface area contributed by atoms with Gasteiger partial charge in [0.25, 0.3) is 5.91 Å². The number of hydrogen-bond donors (Lipinski definition) is 1. The predicted molar refractivity (Wildman–Crippen MR) is 95.4 cm³/mol. The standard InChI is InChI=1S/C18H13FN4OS/c1-11-3-2-8-20-16(11)22-17(24)15-10-25-18-21-14(9-23(15)18)12-4-6-13(19)7-5-12/h2-10H,1H3,(H,20,22,24). The number of anilines is 1. The Hall–Kier alpha value is -3.06. The van der Waals surface area contributed by atoms with E-state index in [1.165, 1.54) is 23.5 Å². The van der Waals surface area contributed by atoms with E-state index in [1.54, 1.807) is 34.3 Å². The maximum Gasteiger partial charge on any atom is 0.274 e. The van der Waals surface area contributed by atoms with E-state index < -0.39 is 0 Å². The Kier molecular flexibility index (Phi) is 3.77. The number of carbonyl (C=O) groups is 1. The smallest absolute Gasteiger partial charge is 0.274 e. The topological polar surface area (TPSA) is 59.3 Å². The molecule has 0 saturated heterocycles. The summed E-state index contributed by atoms with van der Waals surface area (Å²) in [6.45, 7) is 1.88. The van der Waals surface area contributed by atoms with Crippen molar-refractivity contribution in [3.8, 4) is 11.3 Å². The molecule has 5 nitrogen and oxygen atoms in total. The summed E-state index contributed by atoms with van der Waals surface area (Å²) < 4.78 is 14.8. The Balaban J connectivity index is 1.67. The summed E-state index contributed by atoms with van der Waals surface area (Å²) in [7, 11) is 0. The molecule has 0 unspecified atom stereocenters. The molecule has 0 radical (unpaired) electrons. The average molecular weight is 352 g/mol. The first-order chi connectivity index (χ1) is 12.1. The maximum absolute atomic E-state index is 13.1. The third-order valence-electron chi connectivity index (χ3n) is 3.82. The number of carbonyl (C=O) groups excluding carboxylic acids is 1. The van der Waals surface area contributed by atoms with Crippen molar-refractivity contribution in [1.82, 2.24) is 14.4 Å². The van der Waals surface area contributed by atoms with Crippen LogP contribution in [0.15, 0.2) is 54.2 Å². The summed E-state index contributed by atoms with van der Waals surface area (Å²) in [5, 5.41) is 4.57.